The fourth-order valence-electron chi connectivity index (χ4n) is 3.94. The summed E-state index contributed by atoms with van der Waals surface area (Å²) in [5.41, 5.74) is 2.51. The minimum absolute atomic E-state index is 0.0423. The molecule has 1 fully saturated rings. The Kier molecular flexibility index (Phi) is 24.6. The minimum Gasteiger partial charge on any atom is -0.367 e. The highest BCUT2D eigenvalue weighted by Gasteiger charge is 2.28. The molecule has 1 saturated heterocycles. The number of ether oxygens (including phenoxy) is 3. The van der Waals surface area contributed by atoms with Crippen molar-refractivity contribution in [2.24, 2.45) is 5.92 Å². The van der Waals surface area contributed by atoms with E-state index in [9.17, 15) is 18.0 Å². The summed E-state index contributed by atoms with van der Waals surface area (Å²) < 4.78 is 54.6. The summed E-state index contributed by atoms with van der Waals surface area (Å²) in [6.07, 6.45) is 10.4. The van der Waals surface area contributed by atoms with E-state index in [1.807, 2.05) is 73.6 Å². The van der Waals surface area contributed by atoms with Crippen LogP contribution in [0.15, 0.2) is 71.9 Å². The fraction of sp³-hybridized carbons (Fsp3) is 0.595. The summed E-state index contributed by atoms with van der Waals surface area (Å²) in [5.74, 6) is -0.868. The largest absolute Gasteiger partial charge is 0.367 e. The average molecular weight is 625 g/mol. The first-order valence-electron chi connectivity index (χ1n) is 15.7. The Bertz CT molecular complexity index is 1000. The maximum atomic E-state index is 13.4. The van der Waals surface area contributed by atoms with Crippen LogP contribution in [0.4, 0.5) is 13.2 Å². The number of alkyl halides is 2. The molecule has 0 bridgehead atoms. The molecule has 0 spiro atoms. The first kappa shape index (κ1) is 43.6. The summed E-state index contributed by atoms with van der Waals surface area (Å²) in [4.78, 5) is 11.9. The van der Waals surface area contributed by atoms with Crippen molar-refractivity contribution < 1.29 is 32.2 Å². The molecule has 3 atom stereocenters. The first-order valence-corrected chi connectivity index (χ1v) is 15.7. The van der Waals surface area contributed by atoms with Crippen molar-refractivity contribution in [1.29, 1.82) is 0 Å². The van der Waals surface area contributed by atoms with E-state index in [1.54, 1.807) is 20.3 Å². The molecule has 1 aliphatic heterocycles. The van der Waals surface area contributed by atoms with Gasteiger partial charge in [-0.3, -0.25) is 4.79 Å². The Labute approximate surface area is 266 Å². The Morgan fingerprint density at radius 3 is 2.02 bits per heavy atom. The van der Waals surface area contributed by atoms with Crippen molar-refractivity contribution in [2.75, 3.05) is 14.2 Å². The van der Waals surface area contributed by atoms with Crippen LogP contribution in [0.2, 0.25) is 0 Å². The minimum atomic E-state index is -2.38. The summed E-state index contributed by atoms with van der Waals surface area (Å²) in [6, 6.07) is 5.60. The molecule has 0 amide bonds. The number of ketones is 1. The number of benzene rings is 1. The predicted octanol–water partition coefficient (Wildman–Crippen LogP) is 11.1. The summed E-state index contributed by atoms with van der Waals surface area (Å²) in [5, 5.41) is 0. The molecule has 7 heteroatoms. The third-order valence-electron chi connectivity index (χ3n) is 7.00. The number of unbranched alkanes of at least 4 members (excludes halogenated alkanes) is 1. The lowest BCUT2D eigenvalue weighted by Crippen LogP contribution is -2.24. The lowest BCUT2D eigenvalue weighted by molar-refractivity contribution is -0.178. The van der Waals surface area contributed by atoms with Gasteiger partial charge in [0.15, 0.2) is 11.6 Å². The number of rotatable bonds is 12. The van der Waals surface area contributed by atoms with Gasteiger partial charge >= 0.3 is 0 Å². The smallest absolute Gasteiger partial charge is 0.261 e. The molecule has 2 rings (SSSR count). The van der Waals surface area contributed by atoms with Crippen molar-refractivity contribution in [3.8, 4) is 0 Å². The zero-order valence-electron chi connectivity index (χ0n) is 29.1. The van der Waals surface area contributed by atoms with Gasteiger partial charge in [0, 0.05) is 25.4 Å². The second kappa shape index (κ2) is 24.8. The number of carbonyl (C=O) groups is 1. The third-order valence-corrected chi connectivity index (χ3v) is 7.00. The van der Waals surface area contributed by atoms with Gasteiger partial charge in [0.05, 0.1) is 6.10 Å². The molecule has 1 aromatic rings. The maximum Gasteiger partial charge on any atom is 0.261 e. The van der Waals surface area contributed by atoms with Gasteiger partial charge in [-0.25, -0.2) is 13.2 Å². The number of hydrogen-bond donors (Lipinski definition) is 0. The van der Waals surface area contributed by atoms with Crippen molar-refractivity contribution in [2.45, 2.75) is 125 Å². The first-order chi connectivity index (χ1) is 20.7. The molecular formula is C37H59F3O4. The lowest BCUT2D eigenvalue weighted by Gasteiger charge is -2.19. The molecule has 44 heavy (non-hydrogen) atoms. The number of hydrogen-bond acceptors (Lipinski definition) is 4. The monoisotopic (exact) mass is 624 g/mol. The molecular weight excluding hydrogens is 565 g/mol. The highest BCUT2D eigenvalue weighted by atomic mass is 19.3. The van der Waals surface area contributed by atoms with Gasteiger partial charge in [-0.2, -0.15) is 0 Å². The van der Waals surface area contributed by atoms with Crippen molar-refractivity contribution in [1.82, 2.24) is 0 Å². The Balaban J connectivity index is 0. The van der Waals surface area contributed by atoms with Crippen LogP contribution in [0.1, 0.15) is 111 Å². The van der Waals surface area contributed by atoms with E-state index < -0.39 is 12.2 Å². The molecule has 3 unspecified atom stereocenters. The van der Waals surface area contributed by atoms with Crippen LogP contribution in [0.25, 0.3) is 0 Å². The van der Waals surface area contributed by atoms with E-state index >= 15 is 0 Å². The van der Waals surface area contributed by atoms with Crippen LogP contribution in [-0.4, -0.2) is 44.4 Å². The van der Waals surface area contributed by atoms with Crippen LogP contribution >= 0.6 is 0 Å². The van der Waals surface area contributed by atoms with Gasteiger partial charge in [-0.05, 0) is 108 Å². The number of carbonyl (C=O) groups excluding carboxylic acids is 1. The lowest BCUT2D eigenvalue weighted by atomic mass is 9.89. The summed E-state index contributed by atoms with van der Waals surface area (Å²) >= 11 is 0. The van der Waals surface area contributed by atoms with E-state index in [4.69, 9.17) is 14.2 Å². The van der Waals surface area contributed by atoms with Crippen LogP contribution in [0.3, 0.4) is 0 Å². The predicted molar refractivity (Wildman–Crippen MR) is 179 cm³/mol. The van der Waals surface area contributed by atoms with Gasteiger partial charge in [-0.1, -0.05) is 58.4 Å². The Hall–Kier alpha value is -2.48. The Morgan fingerprint density at radius 1 is 1.11 bits per heavy atom. The van der Waals surface area contributed by atoms with E-state index in [0.29, 0.717) is 5.56 Å². The summed E-state index contributed by atoms with van der Waals surface area (Å²) in [6.45, 7) is 20.8. The van der Waals surface area contributed by atoms with E-state index in [0.717, 1.165) is 49.7 Å². The second-order valence-electron chi connectivity index (χ2n) is 11.1. The highest BCUT2D eigenvalue weighted by Crippen LogP contribution is 2.30. The quantitative estimate of drug-likeness (QED) is 0.100. The van der Waals surface area contributed by atoms with Crippen LogP contribution in [0, 0.1) is 11.7 Å². The molecule has 252 valence electrons. The van der Waals surface area contributed by atoms with Gasteiger partial charge in [0.25, 0.3) is 6.43 Å². The van der Waals surface area contributed by atoms with Gasteiger partial charge in [0.1, 0.15) is 11.9 Å². The maximum absolute atomic E-state index is 13.4. The number of methoxy groups -OCH3 is 2. The molecule has 4 nitrogen and oxygen atoms in total. The highest BCUT2D eigenvalue weighted by molar-refractivity contribution is 5.99. The van der Waals surface area contributed by atoms with E-state index in [-0.39, 0.29) is 35.3 Å². The fourth-order valence-corrected chi connectivity index (χ4v) is 3.94. The number of allylic oxidation sites excluding steroid dienone is 7. The SMILES string of the molecule is C=CC.CC/C=C(C)/C(/C=C\CCC)=C(/C(F)F)C(C)CC.CC1CCC(C(=O)c2ccc(F)cc2)O1.COC(C)(C)OC. The second-order valence-corrected chi connectivity index (χ2v) is 11.1. The van der Waals surface area contributed by atoms with E-state index in [1.165, 1.54) is 24.3 Å². The molecule has 0 saturated carbocycles. The zero-order valence-corrected chi connectivity index (χ0v) is 29.1. The molecule has 0 N–H and O–H groups in total. The topological polar surface area (TPSA) is 44.8 Å². The average Bonchev–Trinajstić information content (AvgIpc) is 3.43. The third kappa shape index (κ3) is 18.4. The normalized spacial score (nSPS) is 17.8. The molecule has 1 aliphatic rings. The Morgan fingerprint density at radius 2 is 1.66 bits per heavy atom. The van der Waals surface area contributed by atoms with Crippen LogP contribution in [0.5, 0.6) is 0 Å². The van der Waals surface area contributed by atoms with Crippen molar-refractivity contribution in [3.63, 3.8) is 0 Å². The molecule has 1 aromatic carbocycles. The molecule has 0 radical (unpaired) electrons. The van der Waals surface area contributed by atoms with Gasteiger partial charge in [0.2, 0.25) is 0 Å². The van der Waals surface area contributed by atoms with Gasteiger partial charge < -0.3 is 14.2 Å². The molecule has 0 aromatic heterocycles. The number of Topliss-reactive ketones (excluding diaryl/α,β-unsaturated/α-hetero) is 1. The van der Waals surface area contributed by atoms with Crippen LogP contribution in [-0.2, 0) is 14.2 Å². The standard InChI is InChI=1S/C17H28F2.C12H13FO2.C5H12O2.C3H6/c1-6-9-10-12-15(14(5)11-7-2)16(17(18)19)13(4)8-3;1-8-2-7-11(15-8)12(14)9-3-5-10(13)6-4-9;1-5(2,6-3)7-4;1-3-2/h10-13,17H,6-9H2,1-5H3;3-6,8,11H,2,7H2,1H3;1-4H3;3H,1H2,2H3/b12-10-,14-11+,16-15+;;;. The molecule has 0 aliphatic carbocycles. The van der Waals surface area contributed by atoms with Crippen LogP contribution < -0.4 is 0 Å². The number of halogens is 3. The van der Waals surface area contributed by atoms with Gasteiger partial charge in [-0.15, -0.1) is 6.58 Å². The molecule has 1 heterocycles. The van der Waals surface area contributed by atoms with Crippen molar-refractivity contribution in [3.05, 3.63) is 83.2 Å². The zero-order chi connectivity index (χ0) is 34.3. The van der Waals surface area contributed by atoms with Crippen molar-refractivity contribution >= 4 is 5.78 Å². The summed E-state index contributed by atoms with van der Waals surface area (Å²) in [7, 11) is 3.23. The van der Waals surface area contributed by atoms with E-state index in [2.05, 4.69) is 13.5 Å².